The molecule has 20 heavy (non-hydrogen) atoms. The van der Waals surface area contributed by atoms with Crippen molar-refractivity contribution in [2.45, 2.75) is 25.4 Å². The van der Waals surface area contributed by atoms with Crippen LogP contribution in [0.3, 0.4) is 0 Å². The van der Waals surface area contributed by atoms with E-state index in [1.165, 1.54) is 0 Å². The molecular formula is C13H19N3O4. The van der Waals surface area contributed by atoms with Crippen molar-refractivity contribution in [3.8, 4) is 0 Å². The van der Waals surface area contributed by atoms with Crippen LogP contribution in [0.15, 0.2) is 12.1 Å². The van der Waals surface area contributed by atoms with Gasteiger partial charge in [0.05, 0.1) is 23.3 Å². The van der Waals surface area contributed by atoms with Gasteiger partial charge in [-0.25, -0.2) is 0 Å². The molecule has 1 atom stereocenters. The summed E-state index contributed by atoms with van der Waals surface area (Å²) in [5, 5.41) is 29.6. The van der Waals surface area contributed by atoms with E-state index in [1.807, 2.05) is 4.90 Å². The third kappa shape index (κ3) is 2.83. The summed E-state index contributed by atoms with van der Waals surface area (Å²) in [6.07, 6.45) is 1.10. The molecule has 1 fully saturated rings. The number of nitro benzene ring substituents is 1. The van der Waals surface area contributed by atoms with Gasteiger partial charge in [-0.2, -0.15) is 0 Å². The van der Waals surface area contributed by atoms with Crippen LogP contribution in [0.2, 0.25) is 0 Å². The second-order valence-corrected chi connectivity index (χ2v) is 5.00. The molecule has 7 nitrogen and oxygen atoms in total. The first-order chi connectivity index (χ1) is 9.54. The molecule has 4 N–H and O–H groups in total. The van der Waals surface area contributed by atoms with Crippen LogP contribution >= 0.6 is 0 Å². The lowest BCUT2D eigenvalue weighted by Gasteiger charge is -2.20. The van der Waals surface area contributed by atoms with Crippen LogP contribution in [0.5, 0.6) is 0 Å². The van der Waals surface area contributed by atoms with Gasteiger partial charge in [-0.1, -0.05) is 0 Å². The lowest BCUT2D eigenvalue weighted by Crippen LogP contribution is -2.21. The first-order valence-electron chi connectivity index (χ1n) is 6.64. The Hall–Kier alpha value is -1.86. The summed E-state index contributed by atoms with van der Waals surface area (Å²) >= 11 is 0. The molecule has 1 saturated heterocycles. The summed E-state index contributed by atoms with van der Waals surface area (Å²) < 4.78 is 0. The number of aliphatic hydroxyl groups is 2. The topological polar surface area (TPSA) is 113 Å². The third-order valence-electron chi connectivity index (χ3n) is 3.57. The van der Waals surface area contributed by atoms with Crippen molar-refractivity contribution in [2.24, 2.45) is 0 Å². The number of hydrogen-bond acceptors (Lipinski definition) is 6. The minimum Gasteiger partial charge on any atom is -0.394 e. The van der Waals surface area contributed by atoms with Gasteiger partial charge in [0.2, 0.25) is 0 Å². The molecule has 1 aliphatic heterocycles. The molecule has 1 aliphatic rings. The Balaban J connectivity index is 2.39. The molecule has 0 saturated carbocycles. The van der Waals surface area contributed by atoms with Crippen molar-refractivity contribution in [1.82, 2.24) is 0 Å². The van der Waals surface area contributed by atoms with E-state index in [9.17, 15) is 15.2 Å². The van der Waals surface area contributed by atoms with Gasteiger partial charge in [-0.3, -0.25) is 10.1 Å². The number of nitro groups is 1. The molecule has 2 rings (SSSR count). The standard InChI is InChI=1S/C13H19N3O4/c14-12-11(15-5-1-2-6-15)4-3-9(7-10(18)8-17)13(12)16(19)20/h3-4,10,17-18H,1-2,5-8,14H2. The SMILES string of the molecule is Nc1c(N2CCCC2)ccc(CC(O)CO)c1[N+](=O)[O-]. The lowest BCUT2D eigenvalue weighted by atomic mass is 10.0. The Kier molecular flexibility index (Phi) is 4.41. The molecule has 1 aromatic carbocycles. The van der Waals surface area contributed by atoms with E-state index < -0.39 is 17.6 Å². The number of nitrogens with two attached hydrogens (primary N) is 1. The van der Waals surface area contributed by atoms with E-state index in [0.29, 0.717) is 11.3 Å². The smallest absolute Gasteiger partial charge is 0.297 e. The average Bonchev–Trinajstić information content (AvgIpc) is 2.92. The number of rotatable bonds is 5. The Morgan fingerprint density at radius 3 is 2.60 bits per heavy atom. The Morgan fingerprint density at radius 1 is 1.40 bits per heavy atom. The van der Waals surface area contributed by atoms with Crippen LogP contribution in [-0.4, -0.2) is 40.9 Å². The molecule has 0 radical (unpaired) electrons. The zero-order valence-electron chi connectivity index (χ0n) is 11.2. The third-order valence-corrected chi connectivity index (χ3v) is 3.57. The summed E-state index contributed by atoms with van der Waals surface area (Å²) in [7, 11) is 0. The predicted octanol–water partition coefficient (Wildman–Crippen LogP) is 0.673. The van der Waals surface area contributed by atoms with Gasteiger partial charge in [0.15, 0.2) is 0 Å². The molecule has 1 unspecified atom stereocenters. The summed E-state index contributed by atoms with van der Waals surface area (Å²) in [6.45, 7) is 1.25. The number of hydrogen-bond donors (Lipinski definition) is 3. The average molecular weight is 281 g/mol. The number of nitrogen functional groups attached to an aromatic ring is 1. The highest BCUT2D eigenvalue weighted by Crippen LogP contribution is 2.37. The fraction of sp³-hybridized carbons (Fsp3) is 0.538. The van der Waals surface area contributed by atoms with Gasteiger partial charge in [0, 0.05) is 25.1 Å². The summed E-state index contributed by atoms with van der Waals surface area (Å²) in [5.74, 6) is 0. The number of aliphatic hydroxyl groups excluding tert-OH is 2. The summed E-state index contributed by atoms with van der Waals surface area (Å²) in [4.78, 5) is 12.8. The van der Waals surface area contributed by atoms with E-state index >= 15 is 0 Å². The molecule has 1 aromatic rings. The normalized spacial score (nSPS) is 16.4. The van der Waals surface area contributed by atoms with Crippen molar-refractivity contribution < 1.29 is 15.1 Å². The molecule has 1 heterocycles. The summed E-state index contributed by atoms with van der Waals surface area (Å²) in [5.41, 5.74) is 6.95. The second-order valence-electron chi connectivity index (χ2n) is 5.00. The van der Waals surface area contributed by atoms with Crippen LogP contribution in [0, 0.1) is 10.1 Å². The highest BCUT2D eigenvalue weighted by molar-refractivity contribution is 5.79. The zero-order valence-corrected chi connectivity index (χ0v) is 11.2. The summed E-state index contributed by atoms with van der Waals surface area (Å²) in [6, 6.07) is 3.37. The molecule has 0 amide bonds. The fourth-order valence-electron chi connectivity index (χ4n) is 2.58. The highest BCUT2D eigenvalue weighted by Gasteiger charge is 2.25. The van der Waals surface area contributed by atoms with Crippen LogP contribution in [-0.2, 0) is 6.42 Å². The van der Waals surface area contributed by atoms with Gasteiger partial charge in [0.25, 0.3) is 5.69 Å². The molecule has 0 aromatic heterocycles. The minimum atomic E-state index is -1.02. The van der Waals surface area contributed by atoms with Crippen molar-refractivity contribution >= 4 is 17.1 Å². The van der Waals surface area contributed by atoms with Gasteiger partial charge < -0.3 is 20.8 Å². The minimum absolute atomic E-state index is 0.0112. The van der Waals surface area contributed by atoms with E-state index in [0.717, 1.165) is 25.9 Å². The molecule has 7 heteroatoms. The predicted molar refractivity (Wildman–Crippen MR) is 75.8 cm³/mol. The van der Waals surface area contributed by atoms with Crippen molar-refractivity contribution in [1.29, 1.82) is 0 Å². The van der Waals surface area contributed by atoms with E-state index in [4.69, 9.17) is 10.8 Å². The number of anilines is 2. The maximum atomic E-state index is 11.2. The zero-order chi connectivity index (χ0) is 14.7. The maximum absolute atomic E-state index is 11.2. The second kappa shape index (κ2) is 6.06. The van der Waals surface area contributed by atoms with Crippen molar-refractivity contribution in [3.63, 3.8) is 0 Å². The van der Waals surface area contributed by atoms with Gasteiger partial charge in [-0.05, 0) is 25.0 Å². The number of nitrogens with zero attached hydrogens (tertiary/aromatic N) is 2. The maximum Gasteiger partial charge on any atom is 0.297 e. The van der Waals surface area contributed by atoms with Crippen molar-refractivity contribution in [3.05, 3.63) is 27.8 Å². The van der Waals surface area contributed by atoms with E-state index in [2.05, 4.69) is 0 Å². The van der Waals surface area contributed by atoms with Crippen LogP contribution in [0.1, 0.15) is 18.4 Å². The van der Waals surface area contributed by atoms with Gasteiger partial charge in [-0.15, -0.1) is 0 Å². The highest BCUT2D eigenvalue weighted by atomic mass is 16.6. The Labute approximate surface area is 116 Å². The molecule has 0 aliphatic carbocycles. The van der Waals surface area contributed by atoms with Gasteiger partial charge >= 0.3 is 0 Å². The molecule has 0 spiro atoms. The molecule has 0 bridgehead atoms. The van der Waals surface area contributed by atoms with Crippen molar-refractivity contribution in [2.75, 3.05) is 30.3 Å². The largest absolute Gasteiger partial charge is 0.394 e. The Morgan fingerprint density at radius 2 is 2.05 bits per heavy atom. The molecular weight excluding hydrogens is 262 g/mol. The first kappa shape index (κ1) is 14.5. The van der Waals surface area contributed by atoms with Gasteiger partial charge in [0.1, 0.15) is 5.69 Å². The van der Waals surface area contributed by atoms with Crippen LogP contribution in [0.25, 0.3) is 0 Å². The molecule has 110 valence electrons. The van der Waals surface area contributed by atoms with Crippen LogP contribution < -0.4 is 10.6 Å². The van der Waals surface area contributed by atoms with E-state index in [-0.39, 0.29) is 17.8 Å². The monoisotopic (exact) mass is 281 g/mol. The number of benzene rings is 1. The quantitative estimate of drug-likeness (QED) is 0.415. The van der Waals surface area contributed by atoms with E-state index in [1.54, 1.807) is 12.1 Å². The fourth-order valence-corrected chi connectivity index (χ4v) is 2.58. The first-order valence-corrected chi connectivity index (χ1v) is 6.64. The lowest BCUT2D eigenvalue weighted by molar-refractivity contribution is -0.384. The van der Waals surface area contributed by atoms with Crippen LogP contribution in [0.4, 0.5) is 17.1 Å². The Bertz CT molecular complexity index is 501.